The quantitative estimate of drug-likeness (QED) is 0.781. The molecule has 3 nitrogen and oxygen atoms in total. The van der Waals surface area contributed by atoms with Gasteiger partial charge in [0.15, 0.2) is 0 Å². The highest BCUT2D eigenvalue weighted by atomic mass is 16.7. The van der Waals surface area contributed by atoms with E-state index in [0.29, 0.717) is 0 Å². The maximum absolute atomic E-state index is 5.35. The Morgan fingerprint density at radius 3 is 2.40 bits per heavy atom. The fourth-order valence-corrected chi connectivity index (χ4v) is 1.62. The molecule has 0 fully saturated rings. The third kappa shape index (κ3) is 1.64. The van der Waals surface area contributed by atoms with E-state index in [1.54, 1.807) is 14.2 Å². The van der Waals surface area contributed by atoms with Crippen molar-refractivity contribution in [3.8, 4) is 0 Å². The van der Waals surface area contributed by atoms with Gasteiger partial charge < -0.3 is 14.5 Å². The molecule has 0 bridgehead atoms. The van der Waals surface area contributed by atoms with Gasteiger partial charge in [0.1, 0.15) is 0 Å². The molecule has 1 N–H and O–H groups in total. The van der Waals surface area contributed by atoms with Gasteiger partial charge in [0, 0.05) is 19.7 Å². The second-order valence-corrected chi connectivity index (χ2v) is 3.62. The summed E-state index contributed by atoms with van der Waals surface area (Å²) in [5, 5.41) is 1.16. The molecule has 0 aliphatic carbocycles. The van der Waals surface area contributed by atoms with E-state index in [1.807, 2.05) is 31.2 Å². The topological polar surface area (TPSA) is 34.2 Å². The van der Waals surface area contributed by atoms with Gasteiger partial charge in [-0.3, -0.25) is 0 Å². The van der Waals surface area contributed by atoms with Crippen molar-refractivity contribution in [3.63, 3.8) is 0 Å². The van der Waals surface area contributed by atoms with Crippen LogP contribution in [0.4, 0.5) is 0 Å². The van der Waals surface area contributed by atoms with E-state index >= 15 is 0 Å². The van der Waals surface area contributed by atoms with Gasteiger partial charge in [-0.1, -0.05) is 18.2 Å². The van der Waals surface area contributed by atoms with E-state index in [4.69, 9.17) is 9.47 Å². The Labute approximate surface area is 89.0 Å². The van der Waals surface area contributed by atoms with Gasteiger partial charge in [0.05, 0.1) is 5.69 Å². The number of rotatable bonds is 3. The van der Waals surface area contributed by atoms with Crippen molar-refractivity contribution >= 4 is 10.9 Å². The molecule has 0 aliphatic rings. The average Bonchev–Trinajstić information content (AvgIpc) is 2.72. The summed E-state index contributed by atoms with van der Waals surface area (Å²) in [6.45, 7) is 1.89. The first-order valence-corrected chi connectivity index (χ1v) is 4.88. The average molecular weight is 205 g/mol. The van der Waals surface area contributed by atoms with Crippen LogP contribution in [0.1, 0.15) is 12.6 Å². The Balaban J connectivity index is 2.52. The van der Waals surface area contributed by atoms with Crippen molar-refractivity contribution in [1.29, 1.82) is 0 Å². The van der Waals surface area contributed by atoms with Gasteiger partial charge in [-0.05, 0) is 24.4 Å². The van der Waals surface area contributed by atoms with Crippen molar-refractivity contribution in [2.24, 2.45) is 0 Å². The van der Waals surface area contributed by atoms with Crippen LogP contribution in [0, 0.1) is 0 Å². The minimum Gasteiger partial charge on any atom is -0.354 e. The molecule has 0 saturated heterocycles. The van der Waals surface area contributed by atoms with Crippen LogP contribution < -0.4 is 0 Å². The summed E-state index contributed by atoms with van der Waals surface area (Å²) in [6, 6.07) is 10.1. The lowest BCUT2D eigenvalue weighted by Crippen LogP contribution is -2.26. The Bertz CT molecular complexity index is 424. The Hall–Kier alpha value is -1.32. The van der Waals surface area contributed by atoms with Crippen molar-refractivity contribution in [2.45, 2.75) is 12.7 Å². The molecule has 2 rings (SSSR count). The summed E-state index contributed by atoms with van der Waals surface area (Å²) in [5.41, 5.74) is 2.02. The van der Waals surface area contributed by atoms with Crippen molar-refractivity contribution in [3.05, 3.63) is 36.0 Å². The van der Waals surface area contributed by atoms with Crippen molar-refractivity contribution in [1.82, 2.24) is 4.98 Å². The smallest absolute Gasteiger partial charge is 0.206 e. The van der Waals surface area contributed by atoms with Crippen LogP contribution in [0.15, 0.2) is 30.3 Å². The highest BCUT2D eigenvalue weighted by molar-refractivity contribution is 5.80. The number of nitrogens with one attached hydrogen (secondary N) is 1. The lowest BCUT2D eigenvalue weighted by atomic mass is 10.2. The maximum Gasteiger partial charge on any atom is 0.206 e. The van der Waals surface area contributed by atoms with E-state index in [1.165, 1.54) is 0 Å². The highest BCUT2D eigenvalue weighted by Gasteiger charge is 2.27. The number of ether oxygens (including phenoxy) is 2. The predicted octanol–water partition coefficient (Wildman–Crippen LogP) is 2.63. The molecule has 80 valence electrons. The number of methoxy groups -OCH3 is 2. The van der Waals surface area contributed by atoms with Gasteiger partial charge >= 0.3 is 0 Å². The van der Waals surface area contributed by atoms with Gasteiger partial charge in [0.2, 0.25) is 5.79 Å². The standard InChI is InChI=1S/C12H15NO2/c1-12(14-2,15-3)11-8-9-6-4-5-7-10(9)13-11/h4-8,13H,1-3H3. The number of aromatic amines is 1. The number of H-pyrrole nitrogens is 1. The van der Waals surface area contributed by atoms with E-state index in [-0.39, 0.29) is 0 Å². The molecule has 1 aromatic heterocycles. The van der Waals surface area contributed by atoms with E-state index in [0.717, 1.165) is 16.6 Å². The fourth-order valence-electron chi connectivity index (χ4n) is 1.62. The first-order valence-electron chi connectivity index (χ1n) is 4.88. The summed E-state index contributed by atoms with van der Waals surface area (Å²) in [4.78, 5) is 3.29. The van der Waals surface area contributed by atoms with E-state index < -0.39 is 5.79 Å². The van der Waals surface area contributed by atoms with Crippen LogP contribution in [0.25, 0.3) is 10.9 Å². The first kappa shape index (κ1) is 10.2. The second kappa shape index (κ2) is 3.68. The van der Waals surface area contributed by atoms with Gasteiger partial charge in [-0.15, -0.1) is 0 Å². The first-order chi connectivity index (χ1) is 7.19. The Kier molecular flexibility index (Phi) is 2.50. The fraction of sp³-hybridized carbons (Fsp3) is 0.333. The zero-order chi connectivity index (χ0) is 10.9. The van der Waals surface area contributed by atoms with Gasteiger partial charge in [0.25, 0.3) is 0 Å². The molecular formula is C12H15NO2. The lowest BCUT2D eigenvalue weighted by molar-refractivity contribution is -0.204. The summed E-state index contributed by atoms with van der Waals surface area (Å²) in [5.74, 6) is -0.709. The summed E-state index contributed by atoms with van der Waals surface area (Å²) in [7, 11) is 3.27. The number of hydrogen-bond donors (Lipinski definition) is 1. The van der Waals surface area contributed by atoms with E-state index in [9.17, 15) is 0 Å². The third-order valence-corrected chi connectivity index (χ3v) is 2.80. The minimum absolute atomic E-state index is 0.709. The molecule has 0 atom stereocenters. The molecule has 1 aromatic carbocycles. The lowest BCUT2D eigenvalue weighted by Gasteiger charge is -2.24. The Morgan fingerprint density at radius 2 is 1.80 bits per heavy atom. The molecule has 0 amide bonds. The second-order valence-electron chi connectivity index (χ2n) is 3.62. The highest BCUT2D eigenvalue weighted by Crippen LogP contribution is 2.27. The Morgan fingerprint density at radius 1 is 1.13 bits per heavy atom. The maximum atomic E-state index is 5.35. The minimum atomic E-state index is -0.709. The molecule has 3 heteroatoms. The molecular weight excluding hydrogens is 190 g/mol. The van der Waals surface area contributed by atoms with Crippen LogP contribution in [-0.4, -0.2) is 19.2 Å². The van der Waals surface area contributed by atoms with Crippen molar-refractivity contribution < 1.29 is 9.47 Å². The number of benzene rings is 1. The molecule has 1 heterocycles. The predicted molar refractivity (Wildman–Crippen MR) is 59.7 cm³/mol. The number of aromatic nitrogens is 1. The van der Waals surface area contributed by atoms with Gasteiger partial charge in [-0.25, -0.2) is 0 Å². The summed E-state index contributed by atoms with van der Waals surface area (Å²) >= 11 is 0. The third-order valence-electron chi connectivity index (χ3n) is 2.80. The van der Waals surface area contributed by atoms with Crippen LogP contribution in [0.5, 0.6) is 0 Å². The zero-order valence-electron chi connectivity index (χ0n) is 9.20. The monoisotopic (exact) mass is 205 g/mol. The summed E-state index contributed by atoms with van der Waals surface area (Å²) < 4.78 is 10.7. The molecule has 0 aliphatic heterocycles. The molecule has 0 saturated carbocycles. The number of para-hydroxylation sites is 1. The van der Waals surface area contributed by atoms with E-state index in [2.05, 4.69) is 11.1 Å². The molecule has 0 spiro atoms. The number of fused-ring (bicyclic) bond motifs is 1. The van der Waals surface area contributed by atoms with Crippen LogP contribution in [0.2, 0.25) is 0 Å². The largest absolute Gasteiger partial charge is 0.354 e. The molecule has 0 unspecified atom stereocenters. The summed E-state index contributed by atoms with van der Waals surface area (Å²) in [6.07, 6.45) is 0. The molecule has 0 radical (unpaired) electrons. The van der Waals surface area contributed by atoms with Crippen molar-refractivity contribution in [2.75, 3.05) is 14.2 Å². The molecule has 2 aromatic rings. The van der Waals surface area contributed by atoms with Crippen LogP contribution >= 0.6 is 0 Å². The normalized spacial score (nSPS) is 12.2. The SMILES string of the molecule is COC(C)(OC)c1cc2ccccc2[nH]1. The zero-order valence-corrected chi connectivity index (χ0v) is 9.20. The van der Waals surface area contributed by atoms with Gasteiger partial charge in [-0.2, -0.15) is 0 Å². The number of hydrogen-bond acceptors (Lipinski definition) is 2. The van der Waals surface area contributed by atoms with Crippen LogP contribution in [-0.2, 0) is 15.3 Å². The molecule has 15 heavy (non-hydrogen) atoms. The van der Waals surface area contributed by atoms with Crippen LogP contribution in [0.3, 0.4) is 0 Å².